The SMILES string of the molecule is CCCCC1=C(c2cccc(O)c2N(C)C)CC=C1.[CH2-]c1ccccc1.[CH2-]c1ccccc1.[Zr+2]. The Labute approximate surface area is 226 Å². The Balaban J connectivity index is 0.000000315. The maximum Gasteiger partial charge on any atom is 2.00 e. The summed E-state index contributed by atoms with van der Waals surface area (Å²) in [4.78, 5) is 1.99. The van der Waals surface area contributed by atoms with Crippen LogP contribution in [0.3, 0.4) is 0 Å². The van der Waals surface area contributed by atoms with Gasteiger partial charge in [0, 0.05) is 19.7 Å². The van der Waals surface area contributed by atoms with Crippen LogP contribution in [-0.4, -0.2) is 19.2 Å². The van der Waals surface area contributed by atoms with E-state index >= 15 is 0 Å². The first-order chi connectivity index (χ1) is 15.9. The topological polar surface area (TPSA) is 23.5 Å². The van der Waals surface area contributed by atoms with Gasteiger partial charge in [0.05, 0.1) is 5.69 Å². The summed E-state index contributed by atoms with van der Waals surface area (Å²) in [6.07, 6.45) is 9.01. The molecule has 176 valence electrons. The Morgan fingerprint density at radius 3 is 1.82 bits per heavy atom. The number of aromatic hydroxyl groups is 1. The monoisotopic (exact) mass is 529 g/mol. The van der Waals surface area contributed by atoms with Crippen molar-refractivity contribution in [2.45, 2.75) is 32.6 Å². The molecule has 0 saturated heterocycles. The molecule has 0 aromatic heterocycles. The van der Waals surface area contributed by atoms with Gasteiger partial charge in [-0.25, -0.2) is 0 Å². The zero-order chi connectivity index (χ0) is 24.1. The van der Waals surface area contributed by atoms with Gasteiger partial charge in [0.1, 0.15) is 5.75 Å². The molecule has 0 amide bonds. The molecule has 0 saturated carbocycles. The second-order valence-corrected chi connectivity index (χ2v) is 8.25. The number of nitrogens with zero attached hydrogens (tertiary/aromatic N) is 1. The number of rotatable bonds is 5. The summed E-state index contributed by atoms with van der Waals surface area (Å²) in [5.41, 5.74) is 7.03. The molecule has 3 aromatic rings. The Morgan fingerprint density at radius 1 is 0.824 bits per heavy atom. The Kier molecular flexibility index (Phi) is 13.9. The molecule has 0 atom stereocenters. The maximum absolute atomic E-state index is 10.1. The number of unbranched alkanes of at least 4 members (excludes halogenated alkanes) is 1. The van der Waals surface area contributed by atoms with Crippen LogP contribution in [0, 0.1) is 13.8 Å². The van der Waals surface area contributed by atoms with Crippen LogP contribution in [0.2, 0.25) is 0 Å². The van der Waals surface area contributed by atoms with E-state index in [1.807, 2.05) is 85.7 Å². The Hall–Kier alpha value is -2.64. The molecule has 1 aliphatic rings. The first-order valence-electron chi connectivity index (χ1n) is 11.6. The van der Waals surface area contributed by atoms with Crippen molar-refractivity contribution in [3.63, 3.8) is 0 Å². The van der Waals surface area contributed by atoms with E-state index in [2.05, 4.69) is 39.0 Å². The van der Waals surface area contributed by atoms with Gasteiger partial charge in [-0.15, -0.1) is 24.3 Å². The predicted octanol–water partition coefficient (Wildman–Crippen LogP) is 8.10. The number of phenols is 1. The summed E-state index contributed by atoms with van der Waals surface area (Å²) < 4.78 is 0. The molecule has 2 nitrogen and oxygen atoms in total. The average Bonchev–Trinajstić information content (AvgIpc) is 3.27. The van der Waals surface area contributed by atoms with Crippen molar-refractivity contribution in [1.29, 1.82) is 0 Å². The maximum atomic E-state index is 10.1. The molecule has 0 unspecified atom stereocenters. The minimum absolute atomic E-state index is 0. The van der Waals surface area contributed by atoms with Crippen LogP contribution in [-0.2, 0) is 26.2 Å². The molecule has 0 spiro atoms. The van der Waals surface area contributed by atoms with Crippen LogP contribution in [0.5, 0.6) is 5.75 Å². The molecule has 0 heterocycles. The smallest absolute Gasteiger partial charge is 0.506 e. The van der Waals surface area contributed by atoms with Crippen LogP contribution >= 0.6 is 0 Å². The molecule has 1 aliphatic carbocycles. The first-order valence-corrected chi connectivity index (χ1v) is 11.6. The van der Waals surface area contributed by atoms with Gasteiger partial charge < -0.3 is 10.0 Å². The van der Waals surface area contributed by atoms with Crippen molar-refractivity contribution >= 4 is 11.3 Å². The third-order valence-corrected chi connectivity index (χ3v) is 5.30. The second kappa shape index (κ2) is 16.1. The quantitative estimate of drug-likeness (QED) is 0.337. The minimum atomic E-state index is 0. The summed E-state index contributed by atoms with van der Waals surface area (Å²) in [6, 6.07) is 25.6. The summed E-state index contributed by atoms with van der Waals surface area (Å²) in [5.74, 6) is 0.358. The van der Waals surface area contributed by atoms with Crippen LogP contribution in [0.25, 0.3) is 5.57 Å². The van der Waals surface area contributed by atoms with Gasteiger partial charge >= 0.3 is 26.2 Å². The van der Waals surface area contributed by atoms with E-state index < -0.39 is 0 Å². The molecule has 1 N–H and O–H groups in total. The van der Waals surface area contributed by atoms with Gasteiger partial charge in [-0.3, -0.25) is 0 Å². The molecule has 3 aromatic carbocycles. The molecule has 0 bridgehead atoms. The van der Waals surface area contributed by atoms with E-state index in [0.717, 1.165) is 29.7 Å². The molecule has 3 heteroatoms. The van der Waals surface area contributed by atoms with Crippen LogP contribution in [0.4, 0.5) is 5.69 Å². The molecular weight excluding hydrogens is 494 g/mol. The van der Waals surface area contributed by atoms with Gasteiger partial charge in [-0.05, 0) is 36.5 Å². The zero-order valence-electron chi connectivity index (χ0n) is 20.8. The predicted molar refractivity (Wildman–Crippen MR) is 144 cm³/mol. The molecular formula is C31H37NOZr. The van der Waals surface area contributed by atoms with Crippen molar-refractivity contribution in [2.75, 3.05) is 19.0 Å². The number of hydrogen-bond donors (Lipinski definition) is 1. The van der Waals surface area contributed by atoms with Crippen molar-refractivity contribution in [3.05, 3.63) is 127 Å². The third kappa shape index (κ3) is 9.69. The number of benzene rings is 3. The summed E-state index contributed by atoms with van der Waals surface area (Å²) >= 11 is 0. The van der Waals surface area contributed by atoms with Crippen molar-refractivity contribution in [1.82, 2.24) is 0 Å². The van der Waals surface area contributed by atoms with Gasteiger partial charge in [-0.1, -0.05) is 49.8 Å². The molecule has 4 rings (SSSR count). The minimum Gasteiger partial charge on any atom is -0.506 e. The Bertz CT molecular complexity index is 986. The molecule has 0 radical (unpaired) electrons. The molecule has 0 fully saturated rings. The van der Waals surface area contributed by atoms with Gasteiger partial charge in [0.2, 0.25) is 0 Å². The van der Waals surface area contributed by atoms with Crippen molar-refractivity contribution < 1.29 is 31.3 Å². The molecule has 34 heavy (non-hydrogen) atoms. The first kappa shape index (κ1) is 29.4. The largest absolute Gasteiger partial charge is 2.00 e. The summed E-state index contributed by atoms with van der Waals surface area (Å²) in [7, 11) is 3.96. The fraction of sp³-hybridized carbons (Fsp3) is 0.226. The summed E-state index contributed by atoms with van der Waals surface area (Å²) in [6.45, 7) is 9.66. The van der Waals surface area contributed by atoms with Crippen LogP contribution < -0.4 is 4.90 Å². The number of anilines is 1. The van der Waals surface area contributed by atoms with E-state index in [-0.39, 0.29) is 26.2 Å². The van der Waals surface area contributed by atoms with E-state index in [0.29, 0.717) is 5.75 Å². The fourth-order valence-electron chi connectivity index (χ4n) is 3.64. The van der Waals surface area contributed by atoms with E-state index in [1.54, 1.807) is 6.07 Å². The molecule has 0 aliphatic heterocycles. The van der Waals surface area contributed by atoms with Gasteiger partial charge in [0.25, 0.3) is 0 Å². The number of para-hydroxylation sites is 1. The Morgan fingerprint density at radius 2 is 1.38 bits per heavy atom. The van der Waals surface area contributed by atoms with E-state index in [9.17, 15) is 5.11 Å². The van der Waals surface area contributed by atoms with Crippen LogP contribution in [0.15, 0.2) is 96.6 Å². The number of allylic oxidation sites excluding steroid dienone is 4. The number of hydrogen-bond acceptors (Lipinski definition) is 2. The zero-order valence-corrected chi connectivity index (χ0v) is 23.3. The normalized spacial score (nSPS) is 11.5. The summed E-state index contributed by atoms with van der Waals surface area (Å²) in [5, 5.41) is 10.1. The van der Waals surface area contributed by atoms with Gasteiger partial charge in [0.15, 0.2) is 0 Å². The second-order valence-electron chi connectivity index (χ2n) is 8.25. The number of phenolic OH excluding ortho intramolecular Hbond substituents is 1. The van der Waals surface area contributed by atoms with E-state index in [1.165, 1.54) is 29.6 Å². The standard InChI is InChI=1S/C17H23NO.2C7H7.Zr/c1-4-5-8-13-9-6-10-14(13)15-11-7-12-16(19)17(15)18(2)3;2*1-7-5-3-2-4-6-7;/h6-7,9,11-12,19H,4-5,8,10H2,1-3H3;2*2-6H,1H2;/q;2*-1;+2. The van der Waals surface area contributed by atoms with Gasteiger partial charge in [-0.2, -0.15) is 49.2 Å². The van der Waals surface area contributed by atoms with E-state index in [4.69, 9.17) is 0 Å². The van der Waals surface area contributed by atoms with Crippen molar-refractivity contribution in [3.8, 4) is 5.75 Å². The van der Waals surface area contributed by atoms with Crippen LogP contribution in [0.1, 0.15) is 49.3 Å². The fourth-order valence-corrected chi connectivity index (χ4v) is 3.64. The van der Waals surface area contributed by atoms with Crippen molar-refractivity contribution in [2.24, 2.45) is 0 Å². The average molecular weight is 531 g/mol. The third-order valence-electron chi connectivity index (χ3n) is 5.30.